The molecule has 0 unspecified atom stereocenters. The predicted octanol–water partition coefficient (Wildman–Crippen LogP) is 4.61. The van der Waals surface area contributed by atoms with Crippen LogP contribution in [0.2, 0.25) is 0 Å². The van der Waals surface area contributed by atoms with Gasteiger partial charge in [-0.15, -0.1) is 0 Å². The second-order valence-electron chi connectivity index (χ2n) is 6.92. The molecule has 3 aromatic heterocycles. The quantitative estimate of drug-likeness (QED) is 0.429. The third kappa shape index (κ3) is 2.86. The zero-order chi connectivity index (χ0) is 20.3. The van der Waals surface area contributed by atoms with Gasteiger partial charge < -0.3 is 4.42 Å². The first kappa shape index (κ1) is 17.8. The summed E-state index contributed by atoms with van der Waals surface area (Å²) in [6.07, 6.45) is 1.61. The van der Waals surface area contributed by atoms with Crippen LogP contribution >= 0.6 is 11.3 Å². The summed E-state index contributed by atoms with van der Waals surface area (Å²) < 4.78 is 34.8. The van der Waals surface area contributed by atoms with Gasteiger partial charge in [-0.2, -0.15) is 0 Å². The molecule has 0 aliphatic rings. The van der Waals surface area contributed by atoms with Crippen molar-refractivity contribution < 1.29 is 13.2 Å². The SMILES string of the molecule is Cc1cc(C)c2nc3s/c(=C/c4ccc(-c5ccc(F)cc5F)o4)c(=O)n3c2c1. The van der Waals surface area contributed by atoms with Gasteiger partial charge in [-0.25, -0.2) is 18.2 Å². The lowest BCUT2D eigenvalue weighted by Gasteiger charge is -1.98. The number of thiazole rings is 1. The number of nitrogens with zero attached hydrogens (tertiary/aromatic N) is 2. The van der Waals surface area contributed by atoms with Crippen LogP contribution in [0, 0.1) is 25.5 Å². The van der Waals surface area contributed by atoms with E-state index in [1.165, 1.54) is 23.5 Å². The second-order valence-corrected chi connectivity index (χ2v) is 7.93. The molecule has 0 amide bonds. The average molecular weight is 408 g/mol. The van der Waals surface area contributed by atoms with E-state index in [9.17, 15) is 13.6 Å². The molecule has 0 atom stereocenters. The molecule has 5 rings (SSSR count). The standard InChI is InChI=1S/C22H14F2N2O2S/c1-11-7-12(2)20-17(8-11)26-21(27)19(29-22(26)25-20)10-14-4-6-18(28-14)15-5-3-13(23)9-16(15)24/h3-10H,1-2H3/b19-10+. The molecule has 0 radical (unpaired) electrons. The molecular weight excluding hydrogens is 394 g/mol. The smallest absolute Gasteiger partial charge is 0.275 e. The Morgan fingerprint density at radius 1 is 1.10 bits per heavy atom. The maximum atomic E-state index is 14.0. The van der Waals surface area contributed by atoms with Crippen molar-refractivity contribution in [1.82, 2.24) is 9.38 Å². The average Bonchev–Trinajstić information content (AvgIpc) is 3.32. The molecule has 29 heavy (non-hydrogen) atoms. The minimum atomic E-state index is -0.706. The number of rotatable bonds is 2. The molecule has 0 aliphatic heterocycles. The molecule has 2 aromatic carbocycles. The molecule has 3 heterocycles. The molecule has 7 heteroatoms. The van der Waals surface area contributed by atoms with Gasteiger partial charge in [-0.1, -0.05) is 17.4 Å². The number of hydrogen-bond acceptors (Lipinski definition) is 4. The van der Waals surface area contributed by atoms with Crippen molar-refractivity contribution in [2.24, 2.45) is 0 Å². The number of benzene rings is 2. The van der Waals surface area contributed by atoms with E-state index in [4.69, 9.17) is 4.42 Å². The topological polar surface area (TPSA) is 47.5 Å². The van der Waals surface area contributed by atoms with Gasteiger partial charge >= 0.3 is 0 Å². The summed E-state index contributed by atoms with van der Waals surface area (Å²) in [5.74, 6) is -0.691. The van der Waals surface area contributed by atoms with E-state index in [1.54, 1.807) is 22.6 Å². The Hall–Kier alpha value is -3.32. The maximum Gasteiger partial charge on any atom is 0.275 e. The monoisotopic (exact) mass is 408 g/mol. The molecule has 5 aromatic rings. The van der Waals surface area contributed by atoms with Crippen molar-refractivity contribution in [3.63, 3.8) is 0 Å². The van der Waals surface area contributed by atoms with Crippen LogP contribution in [0.1, 0.15) is 16.9 Å². The maximum absolute atomic E-state index is 14.0. The van der Waals surface area contributed by atoms with Crippen molar-refractivity contribution in [3.8, 4) is 11.3 Å². The molecule has 0 spiro atoms. The van der Waals surface area contributed by atoms with Crippen LogP contribution in [0.15, 0.2) is 51.7 Å². The lowest BCUT2D eigenvalue weighted by molar-refractivity contribution is 0.554. The fourth-order valence-corrected chi connectivity index (χ4v) is 4.46. The Labute approximate surface area is 167 Å². The highest BCUT2D eigenvalue weighted by atomic mass is 32.1. The molecule has 0 saturated heterocycles. The van der Waals surface area contributed by atoms with Crippen LogP contribution in [0.4, 0.5) is 8.78 Å². The second kappa shape index (κ2) is 6.35. The summed E-state index contributed by atoms with van der Waals surface area (Å²) in [7, 11) is 0. The molecule has 0 saturated carbocycles. The largest absolute Gasteiger partial charge is 0.457 e. The van der Waals surface area contributed by atoms with E-state index in [-0.39, 0.29) is 16.9 Å². The van der Waals surface area contributed by atoms with Crippen molar-refractivity contribution >= 4 is 33.4 Å². The van der Waals surface area contributed by atoms with E-state index < -0.39 is 11.6 Å². The summed E-state index contributed by atoms with van der Waals surface area (Å²) in [4.78, 5) is 18.2. The fourth-order valence-electron chi connectivity index (χ4n) is 3.50. The van der Waals surface area contributed by atoms with E-state index in [1.807, 2.05) is 26.0 Å². The summed E-state index contributed by atoms with van der Waals surface area (Å²) >= 11 is 1.27. The van der Waals surface area contributed by atoms with Gasteiger partial charge in [0.15, 0.2) is 4.96 Å². The Balaban J connectivity index is 1.64. The lowest BCUT2D eigenvalue weighted by Crippen LogP contribution is -2.22. The van der Waals surface area contributed by atoms with Gasteiger partial charge in [0.1, 0.15) is 27.7 Å². The molecule has 0 bridgehead atoms. The van der Waals surface area contributed by atoms with Crippen molar-refractivity contribution in [2.75, 3.05) is 0 Å². The third-order valence-electron chi connectivity index (χ3n) is 4.78. The molecule has 0 fully saturated rings. The van der Waals surface area contributed by atoms with Crippen LogP contribution in [-0.4, -0.2) is 9.38 Å². The number of furan rings is 1. The zero-order valence-electron chi connectivity index (χ0n) is 15.5. The van der Waals surface area contributed by atoms with E-state index >= 15 is 0 Å². The first-order chi connectivity index (χ1) is 13.9. The van der Waals surface area contributed by atoms with Gasteiger partial charge in [0.25, 0.3) is 5.56 Å². The summed E-state index contributed by atoms with van der Waals surface area (Å²) in [5.41, 5.74) is 3.67. The number of imidazole rings is 1. The number of aryl methyl sites for hydroxylation is 2. The van der Waals surface area contributed by atoms with Crippen molar-refractivity contribution in [3.05, 3.63) is 85.9 Å². The number of fused-ring (bicyclic) bond motifs is 3. The normalized spacial score (nSPS) is 12.5. The van der Waals surface area contributed by atoms with Crippen molar-refractivity contribution in [2.45, 2.75) is 13.8 Å². The van der Waals surface area contributed by atoms with Crippen LogP contribution in [0.5, 0.6) is 0 Å². The van der Waals surface area contributed by atoms with Crippen LogP contribution in [-0.2, 0) is 0 Å². The Morgan fingerprint density at radius 2 is 1.93 bits per heavy atom. The van der Waals surface area contributed by atoms with Gasteiger partial charge in [0.2, 0.25) is 0 Å². The molecule has 0 aliphatic carbocycles. The summed E-state index contributed by atoms with van der Waals surface area (Å²) in [6.45, 7) is 3.96. The lowest BCUT2D eigenvalue weighted by atomic mass is 10.1. The molecular formula is C22H14F2N2O2S. The minimum absolute atomic E-state index is 0.159. The van der Waals surface area contributed by atoms with E-state index in [0.717, 1.165) is 28.2 Å². The van der Waals surface area contributed by atoms with Crippen LogP contribution < -0.4 is 10.1 Å². The predicted molar refractivity (Wildman–Crippen MR) is 109 cm³/mol. The molecule has 4 nitrogen and oxygen atoms in total. The Kier molecular flexibility index (Phi) is 3.89. The first-order valence-corrected chi connectivity index (χ1v) is 9.71. The van der Waals surface area contributed by atoms with Gasteiger partial charge in [-0.05, 0) is 55.3 Å². The van der Waals surface area contributed by atoms with Gasteiger partial charge in [0.05, 0.1) is 16.6 Å². The summed E-state index contributed by atoms with van der Waals surface area (Å²) in [5, 5.41) is 0. The van der Waals surface area contributed by atoms with Gasteiger partial charge in [-0.3, -0.25) is 4.79 Å². The van der Waals surface area contributed by atoms with E-state index in [0.29, 0.717) is 15.3 Å². The van der Waals surface area contributed by atoms with E-state index in [2.05, 4.69) is 4.98 Å². The highest BCUT2D eigenvalue weighted by Gasteiger charge is 2.14. The number of halogens is 2. The zero-order valence-corrected chi connectivity index (χ0v) is 16.3. The number of hydrogen-bond donors (Lipinski definition) is 0. The highest BCUT2D eigenvalue weighted by molar-refractivity contribution is 7.15. The summed E-state index contributed by atoms with van der Waals surface area (Å²) in [6, 6.07) is 10.5. The third-order valence-corrected chi connectivity index (χ3v) is 5.75. The van der Waals surface area contributed by atoms with Crippen LogP contribution in [0.3, 0.4) is 0 Å². The number of aromatic nitrogens is 2. The Bertz CT molecular complexity index is 1530. The minimum Gasteiger partial charge on any atom is -0.457 e. The highest BCUT2D eigenvalue weighted by Crippen LogP contribution is 2.26. The van der Waals surface area contributed by atoms with Gasteiger partial charge in [0, 0.05) is 12.1 Å². The molecule has 0 N–H and O–H groups in total. The van der Waals surface area contributed by atoms with Crippen LogP contribution in [0.25, 0.3) is 33.4 Å². The first-order valence-electron chi connectivity index (χ1n) is 8.90. The van der Waals surface area contributed by atoms with Crippen molar-refractivity contribution in [1.29, 1.82) is 0 Å². The fraction of sp³-hybridized carbons (Fsp3) is 0.0909. The molecule has 144 valence electrons. The Morgan fingerprint density at radius 3 is 2.72 bits per heavy atom.